The van der Waals surface area contributed by atoms with Gasteiger partial charge in [-0.1, -0.05) is 42.5 Å². The van der Waals surface area contributed by atoms with Crippen LogP contribution in [0, 0.1) is 11.3 Å². The van der Waals surface area contributed by atoms with Crippen LogP contribution in [0.2, 0.25) is 0 Å². The second-order valence-electron chi connectivity index (χ2n) is 8.80. The molecule has 0 saturated heterocycles. The molecule has 1 aliphatic heterocycles. The molecular weight excluding hydrogens is 468 g/mol. The Morgan fingerprint density at radius 2 is 1.84 bits per heavy atom. The van der Waals surface area contributed by atoms with Crippen LogP contribution >= 0.6 is 0 Å². The number of nitrogens with zero attached hydrogens (tertiary/aromatic N) is 1. The van der Waals surface area contributed by atoms with E-state index in [1.54, 1.807) is 30.3 Å². The third-order valence-corrected chi connectivity index (χ3v) is 6.47. The number of rotatable bonds is 7. The van der Waals surface area contributed by atoms with Crippen LogP contribution < -0.4 is 14.8 Å². The molecule has 0 spiro atoms. The number of fused-ring (bicyclic) bond motifs is 2. The highest BCUT2D eigenvalue weighted by atomic mass is 16.5. The van der Waals surface area contributed by atoms with Crippen molar-refractivity contribution in [3.05, 3.63) is 101 Å². The van der Waals surface area contributed by atoms with Gasteiger partial charge in [0.25, 0.3) is 5.91 Å². The molecule has 0 radical (unpaired) electrons. The molecule has 1 aliphatic rings. The van der Waals surface area contributed by atoms with Crippen LogP contribution in [0.25, 0.3) is 10.8 Å². The number of aliphatic carboxylic acids is 1. The molecule has 37 heavy (non-hydrogen) atoms. The molecule has 0 fully saturated rings. The van der Waals surface area contributed by atoms with Crippen LogP contribution in [-0.2, 0) is 11.2 Å². The SMILES string of the molecule is N#Cc1cc2c(cc1Oc1ccc(C(=O)NCCc3cccc4ccccc34)cc1)OCCC2C(=O)O. The fraction of sp³-hybridized carbons (Fsp3) is 0.167. The number of amides is 1. The number of nitrogens with one attached hydrogen (secondary N) is 1. The Labute approximate surface area is 213 Å². The first-order valence-electron chi connectivity index (χ1n) is 12.0. The molecular formula is C30H24N2O5. The molecule has 5 rings (SSSR count). The average molecular weight is 493 g/mol. The Balaban J connectivity index is 1.24. The second kappa shape index (κ2) is 10.4. The van der Waals surface area contributed by atoms with Crippen molar-refractivity contribution in [1.29, 1.82) is 5.26 Å². The van der Waals surface area contributed by atoms with Crippen LogP contribution in [0.1, 0.15) is 39.4 Å². The highest BCUT2D eigenvalue weighted by Gasteiger charge is 2.29. The van der Waals surface area contributed by atoms with E-state index in [4.69, 9.17) is 9.47 Å². The summed E-state index contributed by atoms with van der Waals surface area (Å²) in [7, 11) is 0. The molecule has 1 unspecified atom stereocenters. The van der Waals surface area contributed by atoms with Gasteiger partial charge < -0.3 is 19.9 Å². The molecule has 7 heteroatoms. The predicted molar refractivity (Wildman–Crippen MR) is 138 cm³/mol. The summed E-state index contributed by atoms with van der Waals surface area (Å²) in [4.78, 5) is 24.2. The fourth-order valence-corrected chi connectivity index (χ4v) is 4.57. The monoisotopic (exact) mass is 492 g/mol. The lowest BCUT2D eigenvalue weighted by Gasteiger charge is -2.24. The summed E-state index contributed by atoms with van der Waals surface area (Å²) in [5.41, 5.74) is 2.35. The highest BCUT2D eigenvalue weighted by Crippen LogP contribution is 2.39. The molecule has 0 aromatic heterocycles. The second-order valence-corrected chi connectivity index (χ2v) is 8.80. The van der Waals surface area contributed by atoms with E-state index in [9.17, 15) is 20.0 Å². The largest absolute Gasteiger partial charge is 0.493 e. The van der Waals surface area contributed by atoms with Gasteiger partial charge in [-0.2, -0.15) is 5.26 Å². The van der Waals surface area contributed by atoms with Crippen molar-refractivity contribution in [1.82, 2.24) is 5.32 Å². The lowest BCUT2D eigenvalue weighted by Crippen LogP contribution is -2.25. The van der Waals surface area contributed by atoms with E-state index >= 15 is 0 Å². The quantitative estimate of drug-likeness (QED) is 0.356. The van der Waals surface area contributed by atoms with Gasteiger partial charge in [-0.3, -0.25) is 9.59 Å². The number of hydrogen-bond donors (Lipinski definition) is 2. The zero-order chi connectivity index (χ0) is 25.8. The molecule has 184 valence electrons. The summed E-state index contributed by atoms with van der Waals surface area (Å²) in [6.07, 6.45) is 1.06. The summed E-state index contributed by atoms with van der Waals surface area (Å²) >= 11 is 0. The van der Waals surface area contributed by atoms with Crippen LogP contribution in [0.15, 0.2) is 78.9 Å². The summed E-state index contributed by atoms with van der Waals surface area (Å²) in [5, 5.41) is 24.4. The first kappa shape index (κ1) is 23.9. The molecule has 4 aromatic carbocycles. The maximum absolute atomic E-state index is 12.7. The van der Waals surface area contributed by atoms with Gasteiger partial charge in [0.15, 0.2) is 0 Å². The van der Waals surface area contributed by atoms with Gasteiger partial charge in [-0.05, 0) is 59.5 Å². The Hall–Kier alpha value is -4.83. The van der Waals surface area contributed by atoms with Crippen molar-refractivity contribution in [3.8, 4) is 23.3 Å². The topological polar surface area (TPSA) is 109 Å². The third kappa shape index (κ3) is 5.09. The predicted octanol–water partition coefficient (Wildman–Crippen LogP) is 5.43. The first-order chi connectivity index (χ1) is 18.0. The number of carboxylic acid groups (broad SMARTS) is 1. The number of hydrogen-bond acceptors (Lipinski definition) is 5. The maximum Gasteiger partial charge on any atom is 0.311 e. The molecule has 0 bridgehead atoms. The van der Waals surface area contributed by atoms with Crippen molar-refractivity contribution in [2.45, 2.75) is 18.8 Å². The number of ether oxygens (including phenoxy) is 2. The minimum absolute atomic E-state index is 0.189. The lowest BCUT2D eigenvalue weighted by molar-refractivity contribution is -0.139. The van der Waals surface area contributed by atoms with E-state index in [0.29, 0.717) is 42.0 Å². The van der Waals surface area contributed by atoms with Gasteiger partial charge in [0, 0.05) is 23.7 Å². The van der Waals surface area contributed by atoms with E-state index in [2.05, 4.69) is 35.7 Å². The van der Waals surface area contributed by atoms with Crippen molar-refractivity contribution < 1.29 is 24.2 Å². The smallest absolute Gasteiger partial charge is 0.311 e. The van der Waals surface area contributed by atoms with Crippen molar-refractivity contribution >= 4 is 22.6 Å². The normalized spacial score (nSPS) is 14.2. The number of carboxylic acids is 1. The van der Waals surface area contributed by atoms with Crippen molar-refractivity contribution in [2.75, 3.05) is 13.2 Å². The molecule has 7 nitrogen and oxygen atoms in total. The van der Waals surface area contributed by atoms with E-state index < -0.39 is 11.9 Å². The zero-order valence-corrected chi connectivity index (χ0v) is 19.9. The Kier molecular flexibility index (Phi) is 6.73. The molecule has 1 amide bonds. The van der Waals surface area contributed by atoms with Crippen LogP contribution in [0.3, 0.4) is 0 Å². The minimum Gasteiger partial charge on any atom is -0.493 e. The maximum atomic E-state index is 12.7. The summed E-state index contributed by atoms with van der Waals surface area (Å²) < 4.78 is 11.5. The Bertz CT molecular complexity index is 1520. The molecule has 4 aromatic rings. The van der Waals surface area contributed by atoms with E-state index in [0.717, 1.165) is 0 Å². The zero-order valence-electron chi connectivity index (χ0n) is 19.9. The Morgan fingerprint density at radius 1 is 1.05 bits per heavy atom. The third-order valence-electron chi connectivity index (χ3n) is 6.47. The number of carbonyl (C=O) groups is 2. The van der Waals surface area contributed by atoms with Gasteiger partial charge in [-0.25, -0.2) is 0 Å². The highest BCUT2D eigenvalue weighted by molar-refractivity contribution is 5.94. The standard InChI is InChI=1S/C30H24N2O5/c31-18-22-16-26-25(30(34)35)13-15-36-28(26)17-27(22)37-23-10-8-21(9-11-23)29(33)32-14-12-20-6-3-5-19-4-1-2-7-24(19)20/h1-11,16-17,25H,12-15H2,(H,32,33)(H,34,35). The summed E-state index contributed by atoms with van der Waals surface area (Å²) in [6.45, 7) is 0.780. The van der Waals surface area contributed by atoms with Crippen LogP contribution in [-0.4, -0.2) is 30.1 Å². The van der Waals surface area contributed by atoms with Crippen LogP contribution in [0.5, 0.6) is 17.2 Å². The molecule has 0 saturated carbocycles. The molecule has 1 heterocycles. The summed E-state index contributed by atoms with van der Waals surface area (Å²) in [5.74, 6) is -0.758. The summed E-state index contributed by atoms with van der Waals surface area (Å²) in [6, 6.07) is 26.1. The van der Waals surface area contributed by atoms with E-state index in [1.807, 2.05) is 18.2 Å². The van der Waals surface area contributed by atoms with Gasteiger partial charge in [0.2, 0.25) is 0 Å². The minimum atomic E-state index is -0.951. The first-order valence-corrected chi connectivity index (χ1v) is 12.0. The average Bonchev–Trinajstić information content (AvgIpc) is 2.92. The van der Waals surface area contributed by atoms with Gasteiger partial charge in [0.05, 0.1) is 18.1 Å². The molecule has 0 aliphatic carbocycles. The number of benzene rings is 4. The number of nitriles is 1. The van der Waals surface area contributed by atoms with E-state index in [-0.39, 0.29) is 23.8 Å². The lowest BCUT2D eigenvalue weighted by atomic mass is 9.91. The van der Waals surface area contributed by atoms with Crippen LogP contribution in [0.4, 0.5) is 0 Å². The molecule has 1 atom stereocenters. The van der Waals surface area contributed by atoms with Gasteiger partial charge in [0.1, 0.15) is 23.3 Å². The van der Waals surface area contributed by atoms with Gasteiger partial charge in [-0.15, -0.1) is 0 Å². The van der Waals surface area contributed by atoms with Crippen molar-refractivity contribution in [3.63, 3.8) is 0 Å². The number of carbonyl (C=O) groups excluding carboxylic acids is 1. The molecule has 2 N–H and O–H groups in total. The van der Waals surface area contributed by atoms with Crippen molar-refractivity contribution in [2.24, 2.45) is 0 Å². The van der Waals surface area contributed by atoms with E-state index in [1.165, 1.54) is 22.4 Å². The Morgan fingerprint density at radius 3 is 2.62 bits per heavy atom. The fourth-order valence-electron chi connectivity index (χ4n) is 4.57. The van der Waals surface area contributed by atoms with Gasteiger partial charge >= 0.3 is 5.97 Å².